The molecule has 18 heavy (non-hydrogen) atoms. The predicted molar refractivity (Wildman–Crippen MR) is 64.9 cm³/mol. The molecule has 0 aliphatic heterocycles. The quantitative estimate of drug-likeness (QED) is 0.266. The highest BCUT2D eigenvalue weighted by Crippen LogP contribution is 1.87. The highest BCUT2D eigenvalue weighted by atomic mass is 127. The number of ether oxygens (including phenoxy) is 3. The van der Waals surface area contributed by atoms with Crippen molar-refractivity contribution in [1.82, 2.24) is 5.32 Å². The Balaban J connectivity index is 0. The molecule has 0 aromatic rings. The van der Waals surface area contributed by atoms with Crippen LogP contribution in [0.5, 0.6) is 0 Å². The van der Waals surface area contributed by atoms with Gasteiger partial charge in [0.05, 0.1) is 54.1 Å². The van der Waals surface area contributed by atoms with Crippen LogP contribution in [0.2, 0.25) is 0 Å². The van der Waals surface area contributed by atoms with E-state index in [1.165, 1.54) is 0 Å². The Labute approximate surface area is 127 Å². The highest BCUT2D eigenvalue weighted by molar-refractivity contribution is 5.66. The molecule has 0 aliphatic rings. The predicted octanol–water partition coefficient (Wildman–Crippen LogP) is -2.91. The van der Waals surface area contributed by atoms with Crippen molar-refractivity contribution in [2.75, 3.05) is 67.8 Å². The lowest BCUT2D eigenvalue weighted by Crippen LogP contribution is -3.00. The molecule has 1 amide bonds. The van der Waals surface area contributed by atoms with Crippen molar-refractivity contribution >= 4 is 6.09 Å². The van der Waals surface area contributed by atoms with E-state index in [4.69, 9.17) is 14.2 Å². The smallest absolute Gasteiger partial charge is 0.407 e. The number of carbonyl (C=O) groups is 1. The van der Waals surface area contributed by atoms with Crippen LogP contribution in [0.15, 0.2) is 0 Å². The molecule has 6 nitrogen and oxygen atoms in total. The zero-order valence-corrected chi connectivity index (χ0v) is 13.9. The van der Waals surface area contributed by atoms with Gasteiger partial charge in [-0.3, -0.25) is 0 Å². The van der Waals surface area contributed by atoms with E-state index < -0.39 is 6.09 Å². The number of nitrogens with zero attached hydrogens (tertiary/aromatic N) is 1. The van der Waals surface area contributed by atoms with Crippen molar-refractivity contribution in [3.8, 4) is 0 Å². The first-order valence-corrected chi connectivity index (χ1v) is 5.73. The van der Waals surface area contributed by atoms with E-state index in [0.29, 0.717) is 26.4 Å². The minimum Gasteiger partial charge on any atom is -1.00 e. The van der Waals surface area contributed by atoms with E-state index in [1.54, 1.807) is 7.11 Å². The summed E-state index contributed by atoms with van der Waals surface area (Å²) >= 11 is 0. The Hall–Kier alpha value is -0.120. The van der Waals surface area contributed by atoms with Gasteiger partial charge in [0, 0.05) is 7.11 Å². The fourth-order valence-corrected chi connectivity index (χ4v) is 0.982. The third kappa shape index (κ3) is 15.9. The second-order valence-electron chi connectivity index (χ2n) is 4.68. The summed E-state index contributed by atoms with van der Waals surface area (Å²) in [6.07, 6.45) is -0.395. The zero-order valence-electron chi connectivity index (χ0n) is 11.7. The number of methoxy groups -OCH3 is 1. The standard InChI is InChI=1S/C11H24N2O4.HI/c1-13(2,3)6-5-12-11(14)17-10-9-16-8-7-15-4;/h5-10H2,1-4H3;1H. The first-order valence-electron chi connectivity index (χ1n) is 5.73. The molecule has 0 rings (SSSR count). The van der Waals surface area contributed by atoms with E-state index in [1.807, 2.05) is 0 Å². The van der Waals surface area contributed by atoms with Crippen molar-refractivity contribution < 1.29 is 47.5 Å². The van der Waals surface area contributed by atoms with Crippen LogP contribution in [0.4, 0.5) is 4.79 Å². The second kappa shape index (κ2) is 11.9. The number of hydrogen-bond donors (Lipinski definition) is 1. The molecule has 7 heteroatoms. The Morgan fingerprint density at radius 1 is 1.11 bits per heavy atom. The van der Waals surface area contributed by atoms with Crippen molar-refractivity contribution in [2.45, 2.75) is 0 Å². The van der Waals surface area contributed by atoms with Crippen molar-refractivity contribution in [3.05, 3.63) is 0 Å². The first-order chi connectivity index (χ1) is 7.95. The summed E-state index contributed by atoms with van der Waals surface area (Å²) in [7, 11) is 7.81. The van der Waals surface area contributed by atoms with Gasteiger partial charge in [0.25, 0.3) is 0 Å². The van der Waals surface area contributed by atoms with Gasteiger partial charge in [0.2, 0.25) is 0 Å². The summed E-state index contributed by atoms with van der Waals surface area (Å²) in [5.41, 5.74) is 0. The average molecular weight is 376 g/mol. The monoisotopic (exact) mass is 376 g/mol. The molecule has 0 aromatic heterocycles. The zero-order chi connectivity index (χ0) is 13.1. The lowest BCUT2D eigenvalue weighted by Gasteiger charge is -2.23. The Bertz CT molecular complexity index is 210. The maximum atomic E-state index is 11.2. The number of carbonyl (C=O) groups excluding carboxylic acids is 1. The summed E-state index contributed by atoms with van der Waals surface area (Å²) in [5, 5.41) is 2.68. The van der Waals surface area contributed by atoms with Crippen molar-refractivity contribution in [1.29, 1.82) is 0 Å². The average Bonchev–Trinajstić information content (AvgIpc) is 2.21. The highest BCUT2D eigenvalue weighted by Gasteiger charge is 2.08. The van der Waals surface area contributed by atoms with Gasteiger partial charge < -0.3 is 48.0 Å². The lowest BCUT2D eigenvalue weighted by atomic mass is 10.5. The first kappa shape index (κ1) is 20.2. The topological polar surface area (TPSA) is 56.8 Å². The van der Waals surface area contributed by atoms with Gasteiger partial charge in [0.15, 0.2) is 0 Å². The fourth-order valence-electron chi connectivity index (χ4n) is 0.982. The largest absolute Gasteiger partial charge is 1.00 e. The van der Waals surface area contributed by atoms with Gasteiger partial charge in [0.1, 0.15) is 6.61 Å². The van der Waals surface area contributed by atoms with Crippen LogP contribution in [0.25, 0.3) is 0 Å². The molecule has 0 heterocycles. The number of hydrogen-bond acceptors (Lipinski definition) is 4. The van der Waals surface area contributed by atoms with E-state index >= 15 is 0 Å². The lowest BCUT2D eigenvalue weighted by molar-refractivity contribution is -0.869. The van der Waals surface area contributed by atoms with Crippen LogP contribution >= 0.6 is 0 Å². The van der Waals surface area contributed by atoms with Gasteiger partial charge in [-0.25, -0.2) is 4.79 Å². The van der Waals surface area contributed by atoms with Gasteiger partial charge in [-0.2, -0.15) is 0 Å². The number of rotatable bonds is 9. The third-order valence-corrected chi connectivity index (χ3v) is 1.94. The number of likely N-dealkylation sites (N-methyl/N-ethyl adjacent to an activating group) is 1. The second-order valence-corrected chi connectivity index (χ2v) is 4.68. The van der Waals surface area contributed by atoms with Gasteiger partial charge in [-0.1, -0.05) is 0 Å². The van der Waals surface area contributed by atoms with Crippen LogP contribution in [0.1, 0.15) is 0 Å². The minimum absolute atomic E-state index is 0. The molecule has 0 saturated carbocycles. The number of alkyl carbamates (subject to hydrolysis) is 1. The molecular formula is C11H25IN2O4. The van der Waals surface area contributed by atoms with Gasteiger partial charge in [-0.15, -0.1) is 0 Å². The minimum atomic E-state index is -0.395. The number of halogens is 1. The number of amides is 1. The molecule has 0 radical (unpaired) electrons. The van der Waals surface area contributed by atoms with Gasteiger partial charge in [-0.05, 0) is 0 Å². The van der Waals surface area contributed by atoms with Crippen LogP contribution in [0.3, 0.4) is 0 Å². The molecule has 0 fully saturated rings. The summed E-state index contributed by atoms with van der Waals surface area (Å²) in [5.74, 6) is 0. The van der Waals surface area contributed by atoms with Crippen LogP contribution in [0, 0.1) is 0 Å². The summed E-state index contributed by atoms with van der Waals surface area (Å²) < 4.78 is 15.7. The van der Waals surface area contributed by atoms with Crippen LogP contribution in [-0.2, 0) is 14.2 Å². The van der Waals surface area contributed by atoms with Crippen molar-refractivity contribution in [3.63, 3.8) is 0 Å². The summed E-state index contributed by atoms with van der Waals surface area (Å²) in [6, 6.07) is 0. The Kier molecular flexibility index (Phi) is 13.4. The maximum Gasteiger partial charge on any atom is 0.407 e. The Morgan fingerprint density at radius 2 is 1.72 bits per heavy atom. The molecule has 0 aliphatic carbocycles. The van der Waals surface area contributed by atoms with E-state index in [0.717, 1.165) is 11.0 Å². The number of nitrogens with one attached hydrogen (secondary N) is 1. The van der Waals surface area contributed by atoms with E-state index in [-0.39, 0.29) is 30.6 Å². The molecule has 110 valence electrons. The molecular weight excluding hydrogens is 351 g/mol. The van der Waals surface area contributed by atoms with Crippen molar-refractivity contribution in [2.24, 2.45) is 0 Å². The maximum absolute atomic E-state index is 11.2. The van der Waals surface area contributed by atoms with E-state index in [2.05, 4.69) is 26.5 Å². The fraction of sp³-hybridized carbons (Fsp3) is 0.909. The molecule has 0 atom stereocenters. The van der Waals surface area contributed by atoms with Crippen LogP contribution < -0.4 is 29.3 Å². The Morgan fingerprint density at radius 3 is 2.28 bits per heavy atom. The molecule has 0 unspecified atom stereocenters. The SMILES string of the molecule is COCCOCCOC(=O)NCC[N+](C)(C)C.[I-]. The molecule has 1 N–H and O–H groups in total. The normalized spacial score (nSPS) is 10.7. The van der Waals surface area contributed by atoms with Crippen LogP contribution in [-0.4, -0.2) is 78.3 Å². The van der Waals surface area contributed by atoms with Gasteiger partial charge >= 0.3 is 6.09 Å². The third-order valence-electron chi connectivity index (χ3n) is 1.94. The molecule has 0 bridgehead atoms. The van der Waals surface area contributed by atoms with E-state index in [9.17, 15) is 4.79 Å². The molecule has 0 spiro atoms. The number of quaternary nitrogens is 1. The molecule has 0 saturated heterocycles. The summed E-state index contributed by atoms with van der Waals surface area (Å²) in [4.78, 5) is 11.2. The summed E-state index contributed by atoms with van der Waals surface area (Å²) in [6.45, 7) is 3.19. The molecule has 0 aromatic carbocycles.